The molecule has 18 heavy (non-hydrogen) atoms. The lowest BCUT2D eigenvalue weighted by Gasteiger charge is -2.09. The van der Waals surface area contributed by atoms with E-state index in [1.54, 1.807) is 36.4 Å². The highest BCUT2D eigenvalue weighted by atomic mass is 79.9. The van der Waals surface area contributed by atoms with Crippen LogP contribution in [0.15, 0.2) is 46.9 Å². The summed E-state index contributed by atoms with van der Waals surface area (Å²) in [6, 6.07) is 12.0. The number of halogens is 1. The maximum absolute atomic E-state index is 12.3. The summed E-state index contributed by atoms with van der Waals surface area (Å²) in [7, 11) is 1.44. The smallest absolute Gasteiger partial charge is 0.196 e. The fraction of sp³-hybridized carbons (Fsp3) is 0.0714. The van der Waals surface area contributed by atoms with Gasteiger partial charge in [-0.1, -0.05) is 46.3 Å². The number of hydrogen-bond acceptors (Lipinski definition) is 3. The summed E-state index contributed by atoms with van der Waals surface area (Å²) in [5.74, 6) is -0.120. The van der Waals surface area contributed by atoms with Crippen molar-refractivity contribution in [3.8, 4) is 11.5 Å². The molecule has 4 heteroatoms. The van der Waals surface area contributed by atoms with Crippen LogP contribution in [0.5, 0.6) is 11.5 Å². The molecule has 0 spiro atoms. The molecule has 0 aromatic heterocycles. The maximum Gasteiger partial charge on any atom is 0.196 e. The van der Waals surface area contributed by atoms with Gasteiger partial charge in [0.05, 0.1) is 12.7 Å². The first-order valence-electron chi connectivity index (χ1n) is 5.29. The van der Waals surface area contributed by atoms with E-state index >= 15 is 0 Å². The molecular weight excluding hydrogens is 296 g/mol. The molecule has 0 fully saturated rings. The van der Waals surface area contributed by atoms with Gasteiger partial charge in [-0.2, -0.15) is 0 Å². The SMILES string of the molecule is COc1cc(Br)cc(C(=O)c2ccccc2)c1O. The number of carbonyl (C=O) groups is 1. The number of rotatable bonds is 3. The molecular formula is C14H11BrO3. The Kier molecular flexibility index (Phi) is 3.67. The van der Waals surface area contributed by atoms with Crippen LogP contribution in [0.1, 0.15) is 15.9 Å². The van der Waals surface area contributed by atoms with Gasteiger partial charge in [-0.05, 0) is 12.1 Å². The van der Waals surface area contributed by atoms with E-state index < -0.39 is 0 Å². The van der Waals surface area contributed by atoms with Crippen LogP contribution in [0.2, 0.25) is 0 Å². The number of hydrogen-bond donors (Lipinski definition) is 1. The molecule has 2 rings (SSSR count). The summed E-state index contributed by atoms with van der Waals surface area (Å²) in [5, 5.41) is 9.98. The Morgan fingerprint density at radius 1 is 1.22 bits per heavy atom. The summed E-state index contributed by atoms with van der Waals surface area (Å²) in [4.78, 5) is 12.3. The highest BCUT2D eigenvalue weighted by molar-refractivity contribution is 9.10. The number of phenols is 1. The summed E-state index contributed by atoms with van der Waals surface area (Å²) < 4.78 is 5.70. The van der Waals surface area contributed by atoms with Crippen molar-refractivity contribution in [2.75, 3.05) is 7.11 Å². The molecule has 0 unspecified atom stereocenters. The average molecular weight is 307 g/mol. The third-order valence-corrected chi connectivity index (χ3v) is 3.00. The van der Waals surface area contributed by atoms with E-state index in [0.717, 1.165) is 0 Å². The molecule has 3 nitrogen and oxygen atoms in total. The Balaban J connectivity index is 2.52. The molecule has 2 aromatic carbocycles. The van der Waals surface area contributed by atoms with E-state index in [1.165, 1.54) is 7.11 Å². The molecule has 0 saturated carbocycles. The normalized spacial score (nSPS) is 10.1. The maximum atomic E-state index is 12.3. The first-order chi connectivity index (χ1) is 8.63. The van der Waals surface area contributed by atoms with E-state index in [4.69, 9.17) is 4.74 Å². The Hall–Kier alpha value is -1.81. The van der Waals surface area contributed by atoms with Crippen molar-refractivity contribution in [1.29, 1.82) is 0 Å². The van der Waals surface area contributed by atoms with Crippen molar-refractivity contribution in [3.05, 3.63) is 58.1 Å². The predicted octanol–water partition coefficient (Wildman–Crippen LogP) is 3.39. The van der Waals surface area contributed by atoms with Crippen LogP contribution in [-0.4, -0.2) is 18.0 Å². The number of carbonyl (C=O) groups excluding carboxylic acids is 1. The molecule has 0 aliphatic heterocycles. The van der Waals surface area contributed by atoms with E-state index in [1.807, 2.05) is 6.07 Å². The molecule has 1 N–H and O–H groups in total. The second-order valence-corrected chi connectivity index (χ2v) is 4.62. The number of phenolic OH excluding ortho intramolecular Hbond substituents is 1. The van der Waals surface area contributed by atoms with Gasteiger partial charge in [-0.3, -0.25) is 4.79 Å². The van der Waals surface area contributed by atoms with Crippen LogP contribution in [0.4, 0.5) is 0 Å². The van der Waals surface area contributed by atoms with Crippen molar-refractivity contribution >= 4 is 21.7 Å². The molecule has 0 radical (unpaired) electrons. The second kappa shape index (κ2) is 5.23. The van der Waals surface area contributed by atoms with Crippen molar-refractivity contribution in [1.82, 2.24) is 0 Å². The van der Waals surface area contributed by atoms with Crippen molar-refractivity contribution < 1.29 is 14.6 Å². The Labute approximate surface area is 113 Å². The average Bonchev–Trinajstić information content (AvgIpc) is 2.41. The molecule has 0 aliphatic rings. The van der Waals surface area contributed by atoms with Gasteiger partial charge >= 0.3 is 0 Å². The molecule has 0 saturated heterocycles. The first-order valence-corrected chi connectivity index (χ1v) is 6.09. The number of aromatic hydroxyl groups is 1. The van der Waals surface area contributed by atoms with Crippen molar-refractivity contribution in [2.45, 2.75) is 0 Å². The number of ketones is 1. The molecule has 0 atom stereocenters. The van der Waals surface area contributed by atoms with Gasteiger partial charge in [-0.25, -0.2) is 0 Å². The monoisotopic (exact) mass is 306 g/mol. The summed E-state index contributed by atoms with van der Waals surface area (Å²) in [6.07, 6.45) is 0. The van der Waals surface area contributed by atoms with Crippen molar-refractivity contribution in [3.63, 3.8) is 0 Å². The number of ether oxygens (including phenoxy) is 1. The predicted molar refractivity (Wildman–Crippen MR) is 72.2 cm³/mol. The van der Waals surface area contributed by atoms with Crippen LogP contribution in [0.25, 0.3) is 0 Å². The van der Waals surface area contributed by atoms with Crippen LogP contribution in [-0.2, 0) is 0 Å². The summed E-state index contributed by atoms with van der Waals surface area (Å²) in [5.41, 5.74) is 0.736. The summed E-state index contributed by atoms with van der Waals surface area (Å²) >= 11 is 3.29. The lowest BCUT2D eigenvalue weighted by Crippen LogP contribution is -2.02. The third kappa shape index (κ3) is 2.38. The molecule has 0 aliphatic carbocycles. The van der Waals surface area contributed by atoms with Gasteiger partial charge < -0.3 is 9.84 Å². The largest absolute Gasteiger partial charge is 0.504 e. The molecule has 0 bridgehead atoms. The second-order valence-electron chi connectivity index (χ2n) is 3.70. The van der Waals surface area contributed by atoms with Gasteiger partial charge in [-0.15, -0.1) is 0 Å². The number of benzene rings is 2. The Morgan fingerprint density at radius 2 is 1.89 bits per heavy atom. The molecule has 0 amide bonds. The first kappa shape index (κ1) is 12.6. The van der Waals surface area contributed by atoms with E-state index in [-0.39, 0.29) is 22.8 Å². The minimum Gasteiger partial charge on any atom is -0.504 e. The van der Waals surface area contributed by atoms with Crippen LogP contribution in [0.3, 0.4) is 0 Å². The highest BCUT2D eigenvalue weighted by Gasteiger charge is 2.17. The topological polar surface area (TPSA) is 46.5 Å². The van der Waals surface area contributed by atoms with E-state index in [2.05, 4.69) is 15.9 Å². The van der Waals surface area contributed by atoms with Gasteiger partial charge in [0.15, 0.2) is 17.3 Å². The Bertz CT molecular complexity index is 579. The van der Waals surface area contributed by atoms with E-state index in [9.17, 15) is 9.90 Å². The standard InChI is InChI=1S/C14H11BrO3/c1-18-12-8-10(15)7-11(14(12)17)13(16)9-5-3-2-4-6-9/h2-8,17H,1H3. The zero-order valence-electron chi connectivity index (χ0n) is 9.68. The van der Waals surface area contributed by atoms with Crippen LogP contribution >= 0.6 is 15.9 Å². The van der Waals surface area contributed by atoms with E-state index in [0.29, 0.717) is 10.0 Å². The fourth-order valence-corrected chi connectivity index (χ4v) is 2.08. The van der Waals surface area contributed by atoms with Gasteiger partial charge in [0.25, 0.3) is 0 Å². The van der Waals surface area contributed by atoms with Crippen LogP contribution < -0.4 is 4.74 Å². The molecule has 2 aromatic rings. The molecule has 92 valence electrons. The zero-order chi connectivity index (χ0) is 13.1. The zero-order valence-corrected chi connectivity index (χ0v) is 11.3. The van der Waals surface area contributed by atoms with Gasteiger partial charge in [0.2, 0.25) is 0 Å². The molecule has 0 heterocycles. The van der Waals surface area contributed by atoms with Crippen molar-refractivity contribution in [2.24, 2.45) is 0 Å². The van der Waals surface area contributed by atoms with Crippen LogP contribution in [0, 0.1) is 0 Å². The quantitative estimate of drug-likeness (QED) is 0.884. The number of methoxy groups -OCH3 is 1. The lowest BCUT2D eigenvalue weighted by molar-refractivity contribution is 0.103. The van der Waals surface area contributed by atoms with Gasteiger partial charge in [0, 0.05) is 10.0 Å². The van der Waals surface area contributed by atoms with Gasteiger partial charge in [0.1, 0.15) is 0 Å². The third-order valence-electron chi connectivity index (χ3n) is 2.54. The Morgan fingerprint density at radius 3 is 2.50 bits per heavy atom. The minimum atomic E-state index is -0.243. The fourth-order valence-electron chi connectivity index (χ4n) is 1.65. The minimum absolute atomic E-state index is 0.144. The lowest BCUT2D eigenvalue weighted by atomic mass is 10.0. The summed E-state index contributed by atoms with van der Waals surface area (Å²) in [6.45, 7) is 0. The highest BCUT2D eigenvalue weighted by Crippen LogP contribution is 2.34.